The SMILES string of the molecule is N#Cc1cccc(F)c1OC1CNC1. The molecule has 1 aromatic carbocycles. The molecule has 0 saturated carbocycles. The lowest BCUT2D eigenvalue weighted by Gasteiger charge is -2.28. The molecule has 0 spiro atoms. The van der Waals surface area contributed by atoms with Gasteiger partial charge < -0.3 is 10.1 Å². The third-order valence-electron chi connectivity index (χ3n) is 2.12. The fourth-order valence-electron chi connectivity index (χ4n) is 1.23. The molecule has 4 heteroatoms. The fourth-order valence-corrected chi connectivity index (χ4v) is 1.23. The van der Waals surface area contributed by atoms with Crippen LogP contribution in [-0.2, 0) is 0 Å². The van der Waals surface area contributed by atoms with E-state index in [9.17, 15) is 4.39 Å². The second kappa shape index (κ2) is 3.64. The van der Waals surface area contributed by atoms with Gasteiger partial charge in [-0.15, -0.1) is 0 Å². The average molecular weight is 192 g/mol. The van der Waals surface area contributed by atoms with Crippen molar-refractivity contribution in [1.82, 2.24) is 5.32 Å². The minimum absolute atomic E-state index is 0.0148. The van der Waals surface area contributed by atoms with Gasteiger partial charge in [-0.2, -0.15) is 5.26 Å². The molecule has 0 radical (unpaired) electrons. The quantitative estimate of drug-likeness (QED) is 0.761. The molecule has 1 aliphatic rings. The molecular weight excluding hydrogens is 183 g/mol. The van der Waals surface area contributed by atoms with Gasteiger partial charge in [-0.1, -0.05) is 6.07 Å². The van der Waals surface area contributed by atoms with Crippen LogP contribution in [0.2, 0.25) is 0 Å². The van der Waals surface area contributed by atoms with Gasteiger partial charge in [-0.05, 0) is 12.1 Å². The third-order valence-corrected chi connectivity index (χ3v) is 2.12. The topological polar surface area (TPSA) is 45.0 Å². The molecule has 1 heterocycles. The van der Waals surface area contributed by atoms with Crippen LogP contribution < -0.4 is 10.1 Å². The summed E-state index contributed by atoms with van der Waals surface area (Å²) in [6.45, 7) is 1.42. The predicted octanol–water partition coefficient (Wildman–Crippen LogP) is 1.05. The molecule has 0 unspecified atom stereocenters. The number of benzene rings is 1. The van der Waals surface area contributed by atoms with Crippen molar-refractivity contribution in [2.75, 3.05) is 13.1 Å². The molecule has 0 bridgehead atoms. The maximum atomic E-state index is 13.3. The van der Waals surface area contributed by atoms with E-state index in [1.807, 2.05) is 6.07 Å². The van der Waals surface area contributed by atoms with Crippen LogP contribution in [0.4, 0.5) is 4.39 Å². The van der Waals surface area contributed by atoms with E-state index in [1.165, 1.54) is 12.1 Å². The number of nitriles is 1. The van der Waals surface area contributed by atoms with Gasteiger partial charge in [-0.25, -0.2) is 4.39 Å². The molecule has 72 valence electrons. The summed E-state index contributed by atoms with van der Waals surface area (Å²) in [5.74, 6) is -0.405. The van der Waals surface area contributed by atoms with E-state index in [0.29, 0.717) is 13.1 Å². The Bertz CT molecular complexity index is 382. The number of halogens is 1. The van der Waals surface area contributed by atoms with Crippen molar-refractivity contribution in [2.45, 2.75) is 6.10 Å². The molecule has 0 aliphatic carbocycles. The van der Waals surface area contributed by atoms with E-state index >= 15 is 0 Å². The monoisotopic (exact) mass is 192 g/mol. The normalized spacial score (nSPS) is 15.7. The zero-order valence-electron chi connectivity index (χ0n) is 7.46. The molecule has 0 amide bonds. The van der Waals surface area contributed by atoms with Crippen molar-refractivity contribution in [3.8, 4) is 11.8 Å². The van der Waals surface area contributed by atoms with Crippen LogP contribution in [0.3, 0.4) is 0 Å². The van der Waals surface area contributed by atoms with Gasteiger partial charge in [0.15, 0.2) is 11.6 Å². The van der Waals surface area contributed by atoms with Crippen molar-refractivity contribution in [3.63, 3.8) is 0 Å². The second-order valence-corrected chi connectivity index (χ2v) is 3.13. The van der Waals surface area contributed by atoms with Crippen molar-refractivity contribution >= 4 is 0 Å². The summed E-state index contributed by atoms with van der Waals surface area (Å²) < 4.78 is 18.6. The summed E-state index contributed by atoms with van der Waals surface area (Å²) in [7, 11) is 0. The number of hydrogen-bond donors (Lipinski definition) is 1. The first-order chi connectivity index (χ1) is 6.81. The Balaban J connectivity index is 2.25. The van der Waals surface area contributed by atoms with Crippen LogP contribution >= 0.6 is 0 Å². The number of nitrogens with one attached hydrogen (secondary N) is 1. The Morgan fingerprint density at radius 1 is 1.50 bits per heavy atom. The van der Waals surface area contributed by atoms with Gasteiger partial charge in [-0.3, -0.25) is 0 Å². The van der Waals surface area contributed by atoms with Crippen LogP contribution in [0, 0.1) is 17.1 Å². The summed E-state index contributed by atoms with van der Waals surface area (Å²) in [4.78, 5) is 0. The molecular formula is C10H9FN2O. The fraction of sp³-hybridized carbons (Fsp3) is 0.300. The van der Waals surface area contributed by atoms with E-state index in [4.69, 9.17) is 10.00 Å². The average Bonchev–Trinajstić information content (AvgIpc) is 2.12. The summed E-state index contributed by atoms with van der Waals surface area (Å²) in [5.41, 5.74) is 0.247. The first-order valence-corrected chi connectivity index (χ1v) is 4.37. The largest absolute Gasteiger partial charge is 0.483 e. The Labute approximate surface area is 81.1 Å². The van der Waals surface area contributed by atoms with Gasteiger partial charge >= 0.3 is 0 Å². The van der Waals surface area contributed by atoms with Gasteiger partial charge in [0.1, 0.15) is 12.2 Å². The summed E-state index contributed by atoms with van der Waals surface area (Å²) in [6, 6.07) is 6.24. The Morgan fingerprint density at radius 3 is 2.86 bits per heavy atom. The Hall–Kier alpha value is -1.60. The molecule has 0 aromatic heterocycles. The maximum absolute atomic E-state index is 13.3. The lowest BCUT2D eigenvalue weighted by Crippen LogP contribution is -2.50. The lowest BCUT2D eigenvalue weighted by molar-refractivity contribution is 0.136. The van der Waals surface area contributed by atoms with Gasteiger partial charge in [0.2, 0.25) is 0 Å². The Morgan fingerprint density at radius 2 is 2.29 bits per heavy atom. The van der Waals surface area contributed by atoms with Crippen molar-refractivity contribution in [1.29, 1.82) is 5.26 Å². The van der Waals surface area contributed by atoms with Crippen molar-refractivity contribution in [2.24, 2.45) is 0 Å². The lowest BCUT2D eigenvalue weighted by atomic mass is 10.2. The van der Waals surface area contributed by atoms with Crippen LogP contribution in [0.15, 0.2) is 18.2 Å². The van der Waals surface area contributed by atoms with Gasteiger partial charge in [0.25, 0.3) is 0 Å². The first-order valence-electron chi connectivity index (χ1n) is 4.37. The van der Waals surface area contributed by atoms with E-state index < -0.39 is 5.82 Å². The summed E-state index contributed by atoms with van der Waals surface area (Å²) >= 11 is 0. The highest BCUT2D eigenvalue weighted by molar-refractivity contribution is 5.43. The standard InChI is InChI=1S/C10H9FN2O/c11-9-3-1-2-7(4-12)10(9)14-8-5-13-6-8/h1-3,8,13H,5-6H2. The van der Waals surface area contributed by atoms with Gasteiger partial charge in [0.05, 0.1) is 5.56 Å². The predicted molar refractivity (Wildman–Crippen MR) is 48.4 cm³/mol. The van der Waals surface area contributed by atoms with Crippen LogP contribution in [0.1, 0.15) is 5.56 Å². The van der Waals surface area contributed by atoms with Crippen molar-refractivity contribution < 1.29 is 9.13 Å². The smallest absolute Gasteiger partial charge is 0.173 e. The van der Waals surface area contributed by atoms with E-state index in [-0.39, 0.29) is 17.4 Å². The van der Waals surface area contributed by atoms with Crippen LogP contribution in [-0.4, -0.2) is 19.2 Å². The molecule has 0 atom stereocenters. The highest BCUT2D eigenvalue weighted by Crippen LogP contribution is 2.23. The molecule has 1 N–H and O–H groups in total. The van der Waals surface area contributed by atoms with Crippen LogP contribution in [0.5, 0.6) is 5.75 Å². The van der Waals surface area contributed by atoms with E-state index in [1.54, 1.807) is 6.07 Å². The Kier molecular flexibility index (Phi) is 2.33. The minimum atomic E-state index is -0.476. The van der Waals surface area contributed by atoms with Crippen molar-refractivity contribution in [3.05, 3.63) is 29.6 Å². The first kappa shape index (κ1) is 8.97. The van der Waals surface area contributed by atoms with Crippen LogP contribution in [0.25, 0.3) is 0 Å². The molecule has 1 aromatic rings. The van der Waals surface area contributed by atoms with Gasteiger partial charge in [0, 0.05) is 13.1 Å². The van der Waals surface area contributed by atoms with E-state index in [0.717, 1.165) is 0 Å². The zero-order chi connectivity index (χ0) is 9.97. The molecule has 1 saturated heterocycles. The zero-order valence-corrected chi connectivity index (χ0v) is 7.46. The number of hydrogen-bond acceptors (Lipinski definition) is 3. The number of nitrogens with zero attached hydrogens (tertiary/aromatic N) is 1. The minimum Gasteiger partial charge on any atom is -0.483 e. The maximum Gasteiger partial charge on any atom is 0.173 e. The number of ether oxygens (including phenoxy) is 1. The highest BCUT2D eigenvalue weighted by atomic mass is 19.1. The number of para-hydroxylation sites is 1. The summed E-state index contributed by atoms with van der Waals surface area (Å²) in [6.07, 6.45) is -0.0148. The van der Waals surface area contributed by atoms with E-state index in [2.05, 4.69) is 5.32 Å². The number of rotatable bonds is 2. The molecule has 14 heavy (non-hydrogen) atoms. The highest BCUT2D eigenvalue weighted by Gasteiger charge is 2.21. The molecule has 2 rings (SSSR count). The summed E-state index contributed by atoms with van der Waals surface area (Å²) in [5, 5.41) is 11.7. The molecule has 1 fully saturated rings. The molecule has 3 nitrogen and oxygen atoms in total. The third kappa shape index (κ3) is 1.54. The molecule has 1 aliphatic heterocycles. The second-order valence-electron chi connectivity index (χ2n) is 3.13.